The van der Waals surface area contributed by atoms with Crippen LogP contribution in [0.15, 0.2) is 47.7 Å². The molecule has 1 atom stereocenters. The summed E-state index contributed by atoms with van der Waals surface area (Å²) in [5, 5.41) is 2.48. The van der Waals surface area contributed by atoms with Crippen LogP contribution in [0, 0.1) is 5.92 Å². The third-order valence-corrected chi connectivity index (χ3v) is 4.12. The highest BCUT2D eigenvalue weighted by molar-refractivity contribution is 7.13. The SMILES string of the molecule is CC1=CC(=O)[C@@H](C(=O)/C=C/c2csc(-c3ccccn3)n2)C(=O)O1. The molecule has 0 saturated heterocycles. The number of rotatable bonds is 4. The lowest BCUT2D eigenvalue weighted by molar-refractivity contribution is -0.151. The second kappa shape index (κ2) is 6.67. The maximum atomic E-state index is 12.1. The van der Waals surface area contributed by atoms with Crippen LogP contribution in [0.4, 0.5) is 0 Å². The van der Waals surface area contributed by atoms with Crippen LogP contribution in [0.5, 0.6) is 0 Å². The molecule has 7 heteroatoms. The number of esters is 1. The van der Waals surface area contributed by atoms with Crippen LogP contribution in [0.2, 0.25) is 0 Å². The number of ether oxygens (including phenoxy) is 1. The van der Waals surface area contributed by atoms with Gasteiger partial charge in [-0.25, -0.2) is 4.98 Å². The Labute approximate surface area is 141 Å². The first kappa shape index (κ1) is 15.9. The topological polar surface area (TPSA) is 86.2 Å². The second-order valence-corrected chi connectivity index (χ2v) is 5.90. The molecule has 1 aliphatic rings. The molecular formula is C17H12N2O4S. The van der Waals surface area contributed by atoms with Crippen molar-refractivity contribution in [3.63, 3.8) is 0 Å². The number of ketones is 2. The van der Waals surface area contributed by atoms with E-state index in [0.717, 1.165) is 16.8 Å². The van der Waals surface area contributed by atoms with Gasteiger partial charge in [-0.3, -0.25) is 19.4 Å². The van der Waals surface area contributed by atoms with Gasteiger partial charge in [0.2, 0.25) is 0 Å². The molecule has 3 rings (SSSR count). The lowest BCUT2D eigenvalue weighted by Gasteiger charge is -2.15. The maximum absolute atomic E-state index is 12.1. The summed E-state index contributed by atoms with van der Waals surface area (Å²) in [5.41, 5.74) is 1.29. The minimum absolute atomic E-state index is 0.192. The number of hydrogen-bond donors (Lipinski definition) is 0. The Hall–Kier alpha value is -2.93. The van der Waals surface area contributed by atoms with Gasteiger partial charge in [0, 0.05) is 17.7 Å². The van der Waals surface area contributed by atoms with E-state index >= 15 is 0 Å². The maximum Gasteiger partial charge on any atom is 0.329 e. The molecule has 2 aromatic heterocycles. The van der Waals surface area contributed by atoms with E-state index in [1.165, 1.54) is 30.4 Å². The summed E-state index contributed by atoms with van der Waals surface area (Å²) in [7, 11) is 0. The molecule has 0 amide bonds. The molecule has 0 spiro atoms. The van der Waals surface area contributed by atoms with Gasteiger partial charge in [-0.15, -0.1) is 11.3 Å². The number of hydrogen-bond acceptors (Lipinski definition) is 7. The smallest absolute Gasteiger partial charge is 0.329 e. The molecule has 1 aliphatic heterocycles. The first-order valence-corrected chi connectivity index (χ1v) is 7.95. The zero-order valence-electron chi connectivity index (χ0n) is 12.6. The lowest BCUT2D eigenvalue weighted by atomic mass is 9.96. The van der Waals surface area contributed by atoms with Crippen molar-refractivity contribution in [2.24, 2.45) is 5.92 Å². The molecule has 0 fully saturated rings. The quantitative estimate of drug-likeness (QED) is 0.483. The van der Waals surface area contributed by atoms with Crippen molar-refractivity contribution in [1.29, 1.82) is 0 Å². The molecule has 0 aromatic carbocycles. The van der Waals surface area contributed by atoms with E-state index in [9.17, 15) is 14.4 Å². The monoisotopic (exact) mass is 340 g/mol. The standard InChI is InChI=1S/C17H12N2O4S/c1-10-8-14(21)15(17(22)23-10)13(20)6-5-11-9-24-16(19-11)12-4-2-3-7-18-12/h2-9,15H,1H3/b6-5+/t15-/m1/s1. The summed E-state index contributed by atoms with van der Waals surface area (Å²) in [6.45, 7) is 1.49. The average Bonchev–Trinajstić information content (AvgIpc) is 3.02. The second-order valence-electron chi connectivity index (χ2n) is 5.04. The van der Waals surface area contributed by atoms with Gasteiger partial charge in [0.15, 0.2) is 17.5 Å². The zero-order valence-corrected chi connectivity index (χ0v) is 13.4. The molecule has 0 unspecified atom stereocenters. The zero-order chi connectivity index (χ0) is 17.1. The van der Waals surface area contributed by atoms with Crippen molar-refractivity contribution in [3.05, 3.63) is 53.4 Å². The molecule has 0 saturated carbocycles. The highest BCUT2D eigenvalue weighted by Gasteiger charge is 2.36. The molecule has 6 nitrogen and oxygen atoms in total. The van der Waals surface area contributed by atoms with Crippen molar-refractivity contribution in [3.8, 4) is 10.7 Å². The van der Waals surface area contributed by atoms with Crippen LogP contribution in [0.25, 0.3) is 16.8 Å². The van der Waals surface area contributed by atoms with Crippen LogP contribution >= 0.6 is 11.3 Å². The third kappa shape index (κ3) is 3.36. The molecule has 0 N–H and O–H groups in total. The van der Waals surface area contributed by atoms with E-state index < -0.39 is 23.5 Å². The number of nitrogens with zero attached hydrogens (tertiary/aromatic N) is 2. The van der Waals surface area contributed by atoms with Crippen molar-refractivity contribution in [1.82, 2.24) is 9.97 Å². The highest BCUT2D eigenvalue weighted by Crippen LogP contribution is 2.22. The fourth-order valence-electron chi connectivity index (χ4n) is 2.14. The summed E-state index contributed by atoms with van der Waals surface area (Å²) < 4.78 is 4.83. The fourth-order valence-corrected chi connectivity index (χ4v) is 2.90. The number of carbonyl (C=O) groups excluding carboxylic acids is 3. The number of carbonyl (C=O) groups is 3. The molecule has 0 aliphatic carbocycles. The van der Waals surface area contributed by atoms with Gasteiger partial charge in [0.25, 0.3) is 0 Å². The minimum Gasteiger partial charge on any atom is -0.430 e. The van der Waals surface area contributed by atoms with E-state index in [2.05, 4.69) is 9.97 Å². The van der Waals surface area contributed by atoms with Gasteiger partial charge in [-0.2, -0.15) is 0 Å². The van der Waals surface area contributed by atoms with Crippen molar-refractivity contribution >= 4 is 34.9 Å². The Kier molecular flexibility index (Phi) is 4.43. The Morgan fingerprint density at radius 3 is 2.88 bits per heavy atom. The van der Waals surface area contributed by atoms with Gasteiger partial charge < -0.3 is 4.74 Å². The summed E-state index contributed by atoms with van der Waals surface area (Å²) in [6, 6.07) is 5.51. The van der Waals surface area contributed by atoms with E-state index in [0.29, 0.717) is 5.69 Å². The third-order valence-electron chi connectivity index (χ3n) is 3.24. The predicted molar refractivity (Wildman–Crippen MR) is 87.7 cm³/mol. The number of aromatic nitrogens is 2. The van der Waals surface area contributed by atoms with Gasteiger partial charge >= 0.3 is 5.97 Å². The summed E-state index contributed by atoms with van der Waals surface area (Å²) >= 11 is 1.39. The summed E-state index contributed by atoms with van der Waals surface area (Å²) in [5.74, 6) is -3.27. The highest BCUT2D eigenvalue weighted by atomic mass is 32.1. The van der Waals surface area contributed by atoms with Crippen LogP contribution < -0.4 is 0 Å². The minimum atomic E-state index is -1.43. The molecule has 2 aromatic rings. The first-order chi connectivity index (χ1) is 11.5. The number of allylic oxidation sites excluding steroid dienone is 3. The number of thiazole rings is 1. The van der Waals surface area contributed by atoms with E-state index in [4.69, 9.17) is 4.74 Å². The normalized spacial score (nSPS) is 17.7. The van der Waals surface area contributed by atoms with E-state index in [1.807, 2.05) is 18.2 Å². The Morgan fingerprint density at radius 2 is 2.17 bits per heavy atom. The molecule has 120 valence electrons. The first-order valence-electron chi connectivity index (χ1n) is 7.07. The van der Waals surface area contributed by atoms with Gasteiger partial charge in [-0.05, 0) is 31.2 Å². The largest absolute Gasteiger partial charge is 0.430 e. The molecule has 0 bridgehead atoms. The fraction of sp³-hybridized carbons (Fsp3) is 0.118. The van der Waals surface area contributed by atoms with Gasteiger partial charge in [0.1, 0.15) is 10.8 Å². The average molecular weight is 340 g/mol. The molecule has 3 heterocycles. The van der Waals surface area contributed by atoms with Crippen molar-refractivity contribution < 1.29 is 19.1 Å². The molecule has 24 heavy (non-hydrogen) atoms. The van der Waals surface area contributed by atoms with Crippen LogP contribution in [0.3, 0.4) is 0 Å². The van der Waals surface area contributed by atoms with Crippen LogP contribution in [0.1, 0.15) is 12.6 Å². The van der Waals surface area contributed by atoms with Crippen molar-refractivity contribution in [2.45, 2.75) is 6.92 Å². The van der Waals surface area contributed by atoms with E-state index in [1.54, 1.807) is 11.6 Å². The Balaban J connectivity index is 1.75. The molecular weight excluding hydrogens is 328 g/mol. The van der Waals surface area contributed by atoms with Crippen molar-refractivity contribution in [2.75, 3.05) is 0 Å². The summed E-state index contributed by atoms with van der Waals surface area (Å²) in [4.78, 5) is 44.2. The van der Waals surface area contributed by atoms with Crippen LogP contribution in [-0.4, -0.2) is 27.5 Å². The molecule has 0 radical (unpaired) electrons. The number of pyridine rings is 1. The lowest BCUT2D eigenvalue weighted by Crippen LogP contribution is -2.34. The van der Waals surface area contributed by atoms with E-state index in [-0.39, 0.29) is 5.76 Å². The predicted octanol–water partition coefficient (Wildman–Crippen LogP) is 2.43. The van der Waals surface area contributed by atoms with Gasteiger partial charge in [0.05, 0.1) is 11.4 Å². The Morgan fingerprint density at radius 1 is 1.33 bits per heavy atom. The Bertz CT molecular complexity index is 868. The van der Waals surface area contributed by atoms with Gasteiger partial charge in [-0.1, -0.05) is 6.07 Å². The van der Waals surface area contributed by atoms with Crippen LogP contribution in [-0.2, 0) is 19.1 Å². The number of cyclic esters (lactones) is 1. The summed E-state index contributed by atoms with van der Waals surface area (Å²) in [6.07, 6.45) is 5.47.